The maximum Gasteiger partial charge on any atom is 0.0917 e. The highest BCUT2D eigenvalue weighted by atomic mass is 35.5. The zero-order valence-electron chi connectivity index (χ0n) is 12.2. The number of halogens is 2. The number of aliphatic hydroxyl groups excluding tert-OH is 1. The van der Waals surface area contributed by atoms with Gasteiger partial charge in [0.15, 0.2) is 0 Å². The second-order valence-electron chi connectivity index (χ2n) is 5.74. The Hall–Kier alpha value is -0.320. The SMILES string of the molecule is CCCN(C[C@@H](O)c1ccc(Cl)c(Cl)c1)CC(C)(C)O. The highest BCUT2D eigenvalue weighted by Crippen LogP contribution is 2.26. The molecule has 0 radical (unpaired) electrons. The minimum absolute atomic E-state index is 0.438. The van der Waals surface area contributed by atoms with Gasteiger partial charge in [-0.2, -0.15) is 0 Å². The van der Waals surface area contributed by atoms with E-state index < -0.39 is 11.7 Å². The molecule has 0 aliphatic rings. The number of benzene rings is 1. The molecule has 0 heterocycles. The normalized spacial score (nSPS) is 13.8. The van der Waals surface area contributed by atoms with Gasteiger partial charge in [-0.15, -0.1) is 0 Å². The van der Waals surface area contributed by atoms with Crippen LogP contribution < -0.4 is 0 Å². The van der Waals surface area contributed by atoms with E-state index in [-0.39, 0.29) is 0 Å². The Labute approximate surface area is 131 Å². The first kappa shape index (κ1) is 17.7. The van der Waals surface area contributed by atoms with Crippen LogP contribution in [0.4, 0.5) is 0 Å². The second kappa shape index (κ2) is 7.62. The zero-order chi connectivity index (χ0) is 15.3. The van der Waals surface area contributed by atoms with E-state index >= 15 is 0 Å². The van der Waals surface area contributed by atoms with E-state index in [1.807, 2.05) is 4.90 Å². The highest BCUT2D eigenvalue weighted by molar-refractivity contribution is 6.42. The van der Waals surface area contributed by atoms with Crippen molar-refractivity contribution in [1.29, 1.82) is 0 Å². The van der Waals surface area contributed by atoms with Gasteiger partial charge in [0.25, 0.3) is 0 Å². The van der Waals surface area contributed by atoms with Crippen LogP contribution in [0.2, 0.25) is 10.0 Å². The highest BCUT2D eigenvalue weighted by Gasteiger charge is 2.21. The summed E-state index contributed by atoms with van der Waals surface area (Å²) in [4.78, 5) is 2.05. The molecule has 0 aliphatic carbocycles. The third kappa shape index (κ3) is 5.98. The third-order valence-corrected chi connectivity index (χ3v) is 3.65. The molecule has 114 valence electrons. The summed E-state index contributed by atoms with van der Waals surface area (Å²) in [6.07, 6.45) is 0.308. The molecule has 0 unspecified atom stereocenters. The molecular formula is C15H23Cl2NO2. The molecule has 3 nitrogen and oxygen atoms in total. The minimum atomic E-state index is -0.785. The topological polar surface area (TPSA) is 43.7 Å². The van der Waals surface area contributed by atoms with Gasteiger partial charge in [0.05, 0.1) is 21.8 Å². The van der Waals surface area contributed by atoms with Crippen LogP contribution in [0.15, 0.2) is 18.2 Å². The van der Waals surface area contributed by atoms with Gasteiger partial charge in [0, 0.05) is 13.1 Å². The van der Waals surface area contributed by atoms with Crippen molar-refractivity contribution >= 4 is 23.2 Å². The lowest BCUT2D eigenvalue weighted by molar-refractivity contribution is 0.0183. The summed E-state index contributed by atoms with van der Waals surface area (Å²) in [5, 5.41) is 21.1. The molecule has 1 atom stereocenters. The molecular weight excluding hydrogens is 297 g/mol. The molecule has 0 saturated heterocycles. The van der Waals surface area contributed by atoms with Crippen molar-refractivity contribution in [2.75, 3.05) is 19.6 Å². The van der Waals surface area contributed by atoms with E-state index in [1.54, 1.807) is 32.0 Å². The average Bonchev–Trinajstić information content (AvgIpc) is 2.30. The Morgan fingerprint density at radius 1 is 1.25 bits per heavy atom. The fourth-order valence-electron chi connectivity index (χ4n) is 2.17. The number of rotatable bonds is 7. The Morgan fingerprint density at radius 3 is 2.40 bits per heavy atom. The van der Waals surface area contributed by atoms with Gasteiger partial charge in [-0.25, -0.2) is 0 Å². The number of aliphatic hydroxyl groups is 2. The van der Waals surface area contributed by atoms with E-state index in [9.17, 15) is 10.2 Å². The van der Waals surface area contributed by atoms with Crippen LogP contribution in [0.25, 0.3) is 0 Å². The van der Waals surface area contributed by atoms with E-state index in [2.05, 4.69) is 6.92 Å². The summed E-state index contributed by atoms with van der Waals surface area (Å²) in [5.74, 6) is 0. The quantitative estimate of drug-likeness (QED) is 0.808. The van der Waals surface area contributed by atoms with Crippen LogP contribution in [0.1, 0.15) is 38.9 Å². The lowest BCUT2D eigenvalue weighted by Gasteiger charge is -2.30. The van der Waals surface area contributed by atoms with Gasteiger partial charge in [0.1, 0.15) is 0 Å². The molecule has 0 aliphatic heterocycles. The molecule has 0 amide bonds. The third-order valence-electron chi connectivity index (χ3n) is 2.91. The monoisotopic (exact) mass is 319 g/mol. The van der Waals surface area contributed by atoms with Crippen molar-refractivity contribution in [3.8, 4) is 0 Å². The van der Waals surface area contributed by atoms with Crippen LogP contribution in [0.3, 0.4) is 0 Å². The van der Waals surface area contributed by atoms with Gasteiger partial charge in [0.2, 0.25) is 0 Å². The number of nitrogens with zero attached hydrogens (tertiary/aromatic N) is 1. The first-order valence-corrected chi connectivity index (χ1v) is 7.56. The van der Waals surface area contributed by atoms with E-state index in [4.69, 9.17) is 23.2 Å². The minimum Gasteiger partial charge on any atom is -0.389 e. The van der Waals surface area contributed by atoms with Crippen molar-refractivity contribution in [2.24, 2.45) is 0 Å². The van der Waals surface area contributed by atoms with Gasteiger partial charge < -0.3 is 10.2 Å². The summed E-state index contributed by atoms with van der Waals surface area (Å²) in [6.45, 7) is 7.39. The molecule has 1 rings (SSSR count). The lowest BCUT2D eigenvalue weighted by Crippen LogP contribution is -2.41. The Bertz CT molecular complexity index is 432. The van der Waals surface area contributed by atoms with Crippen molar-refractivity contribution in [1.82, 2.24) is 4.90 Å². The molecule has 1 aromatic rings. The first-order chi connectivity index (χ1) is 9.23. The van der Waals surface area contributed by atoms with Gasteiger partial charge in [-0.1, -0.05) is 36.2 Å². The molecule has 0 saturated carbocycles. The van der Waals surface area contributed by atoms with Gasteiger partial charge in [-0.3, -0.25) is 4.90 Å². The molecule has 2 N–H and O–H groups in total. The molecule has 20 heavy (non-hydrogen) atoms. The largest absolute Gasteiger partial charge is 0.389 e. The Kier molecular flexibility index (Phi) is 6.76. The predicted octanol–water partition coefficient (Wildman–Crippen LogP) is 3.51. The van der Waals surface area contributed by atoms with Crippen LogP contribution in [0.5, 0.6) is 0 Å². The molecule has 0 fully saturated rings. The molecule has 0 aromatic heterocycles. The van der Waals surface area contributed by atoms with Crippen molar-refractivity contribution in [2.45, 2.75) is 38.9 Å². The summed E-state index contributed by atoms with van der Waals surface area (Å²) in [7, 11) is 0. The Balaban J connectivity index is 2.74. The maximum absolute atomic E-state index is 10.3. The maximum atomic E-state index is 10.3. The van der Waals surface area contributed by atoms with Crippen LogP contribution in [-0.2, 0) is 0 Å². The van der Waals surface area contributed by atoms with Crippen molar-refractivity contribution in [3.63, 3.8) is 0 Å². The summed E-state index contributed by atoms with van der Waals surface area (Å²) in [5.41, 5.74) is -0.0525. The predicted molar refractivity (Wildman–Crippen MR) is 84.5 cm³/mol. The van der Waals surface area contributed by atoms with E-state index in [1.165, 1.54) is 0 Å². The molecule has 0 bridgehead atoms. The fourth-order valence-corrected chi connectivity index (χ4v) is 2.47. The first-order valence-electron chi connectivity index (χ1n) is 6.80. The Morgan fingerprint density at radius 2 is 1.90 bits per heavy atom. The van der Waals surface area contributed by atoms with Crippen LogP contribution in [0, 0.1) is 0 Å². The van der Waals surface area contributed by atoms with Crippen molar-refractivity contribution in [3.05, 3.63) is 33.8 Å². The van der Waals surface area contributed by atoms with Gasteiger partial charge >= 0.3 is 0 Å². The number of hydrogen-bond acceptors (Lipinski definition) is 3. The van der Waals surface area contributed by atoms with Crippen molar-refractivity contribution < 1.29 is 10.2 Å². The van der Waals surface area contributed by atoms with Crippen LogP contribution >= 0.6 is 23.2 Å². The summed E-state index contributed by atoms with van der Waals surface area (Å²) in [6, 6.07) is 5.14. The number of hydrogen-bond donors (Lipinski definition) is 2. The fraction of sp³-hybridized carbons (Fsp3) is 0.600. The molecule has 5 heteroatoms. The average molecular weight is 320 g/mol. The van der Waals surface area contributed by atoms with Gasteiger partial charge in [-0.05, 0) is 44.5 Å². The smallest absolute Gasteiger partial charge is 0.0917 e. The second-order valence-corrected chi connectivity index (χ2v) is 6.55. The molecule has 0 spiro atoms. The molecule has 1 aromatic carbocycles. The summed E-state index contributed by atoms with van der Waals surface area (Å²) >= 11 is 11.8. The van der Waals surface area contributed by atoms with E-state index in [0.29, 0.717) is 23.1 Å². The van der Waals surface area contributed by atoms with E-state index in [0.717, 1.165) is 18.5 Å². The zero-order valence-corrected chi connectivity index (χ0v) is 13.7. The summed E-state index contributed by atoms with van der Waals surface area (Å²) < 4.78 is 0. The van der Waals surface area contributed by atoms with Crippen LogP contribution in [-0.4, -0.2) is 40.3 Å². The standard InChI is InChI=1S/C15H23Cl2NO2/c1-4-7-18(10-15(2,3)20)9-14(19)11-5-6-12(16)13(17)8-11/h5-6,8,14,19-20H,4,7,9-10H2,1-3H3/t14-/m1/s1. The lowest BCUT2D eigenvalue weighted by atomic mass is 10.1.